The van der Waals surface area contributed by atoms with Gasteiger partial charge in [-0.1, -0.05) is 0 Å². The Labute approximate surface area is 73.7 Å². The molecule has 7 heteroatoms. The first-order valence-corrected chi connectivity index (χ1v) is 3.80. The van der Waals surface area contributed by atoms with E-state index in [0.29, 0.717) is 0 Å². The lowest BCUT2D eigenvalue weighted by Gasteiger charge is -2.33. The molecule has 0 unspecified atom stereocenters. The van der Waals surface area contributed by atoms with E-state index in [0.717, 1.165) is 0 Å². The highest BCUT2D eigenvalue weighted by molar-refractivity contribution is 4.86. The van der Waals surface area contributed by atoms with Crippen LogP contribution < -0.4 is 0 Å². The van der Waals surface area contributed by atoms with Gasteiger partial charge < -0.3 is 20.1 Å². The summed E-state index contributed by atoms with van der Waals surface area (Å²) in [6.45, 7) is -0.776. The van der Waals surface area contributed by atoms with Crippen molar-refractivity contribution in [1.29, 1.82) is 0 Å². The molecular weight excluding hydrogens is 182 g/mol. The maximum atomic E-state index is 10.1. The van der Waals surface area contributed by atoms with Crippen LogP contribution >= 0.6 is 0 Å². The van der Waals surface area contributed by atoms with Crippen molar-refractivity contribution in [3.63, 3.8) is 0 Å². The number of nitro groups is 1. The molecule has 0 amide bonds. The van der Waals surface area contributed by atoms with Crippen LogP contribution in [-0.2, 0) is 4.74 Å². The van der Waals surface area contributed by atoms with Gasteiger partial charge in [-0.15, -0.1) is 0 Å². The van der Waals surface area contributed by atoms with Crippen molar-refractivity contribution >= 4 is 0 Å². The largest absolute Gasteiger partial charge is 0.388 e. The predicted molar refractivity (Wildman–Crippen MR) is 39.6 cm³/mol. The molecule has 0 radical (unpaired) electrons. The summed E-state index contributed by atoms with van der Waals surface area (Å²) in [4.78, 5) is 9.43. The van der Waals surface area contributed by atoms with E-state index in [2.05, 4.69) is 0 Å². The summed E-state index contributed by atoms with van der Waals surface area (Å²) in [5.41, 5.74) is 0. The Morgan fingerprint density at radius 3 is 2.54 bits per heavy atom. The Balaban J connectivity index is 2.53. The molecular formula is C6H11NO6. The smallest absolute Gasteiger partial charge is 0.232 e. The fourth-order valence-electron chi connectivity index (χ4n) is 1.17. The monoisotopic (exact) mass is 193 g/mol. The molecule has 0 aromatic heterocycles. The average molecular weight is 193 g/mol. The molecule has 0 bridgehead atoms. The van der Waals surface area contributed by atoms with Gasteiger partial charge in [0.25, 0.3) is 0 Å². The Morgan fingerprint density at radius 2 is 2.00 bits per heavy atom. The highest BCUT2D eigenvalue weighted by Crippen LogP contribution is 2.15. The molecule has 0 aromatic rings. The standard InChI is InChI=1S/C6H11NO6/c8-3-2-13-4(1-7(11)12)6(10)5(3)9/h3-6,8-10H,1-2H2/t3-,4+,5+,6+/m1/s1. The van der Waals surface area contributed by atoms with Crippen LogP contribution in [0.25, 0.3) is 0 Å². The molecule has 3 N–H and O–H groups in total. The van der Waals surface area contributed by atoms with Crippen molar-refractivity contribution < 1.29 is 25.0 Å². The molecule has 0 spiro atoms. The molecule has 1 saturated heterocycles. The minimum Gasteiger partial charge on any atom is -0.388 e. The normalized spacial score (nSPS) is 40.2. The SMILES string of the molecule is O=[N+]([O-])C[C@@H]1OC[C@@H](O)[C@H](O)[C@H]1O. The summed E-state index contributed by atoms with van der Waals surface area (Å²) in [5.74, 6) is 0. The van der Waals surface area contributed by atoms with Crippen molar-refractivity contribution in [2.45, 2.75) is 24.4 Å². The maximum Gasteiger partial charge on any atom is 0.232 e. The van der Waals surface area contributed by atoms with Crippen LogP contribution in [-0.4, -0.2) is 57.8 Å². The van der Waals surface area contributed by atoms with Gasteiger partial charge in [0.15, 0.2) is 6.10 Å². The first-order chi connectivity index (χ1) is 6.02. The Kier molecular flexibility index (Phi) is 3.15. The van der Waals surface area contributed by atoms with Gasteiger partial charge in [0.2, 0.25) is 6.54 Å². The Morgan fingerprint density at radius 1 is 1.38 bits per heavy atom. The number of hydrogen-bond acceptors (Lipinski definition) is 6. The van der Waals surface area contributed by atoms with Gasteiger partial charge in [0.05, 0.1) is 6.61 Å². The third-order valence-corrected chi connectivity index (χ3v) is 1.94. The van der Waals surface area contributed by atoms with E-state index >= 15 is 0 Å². The van der Waals surface area contributed by atoms with Crippen LogP contribution in [0, 0.1) is 10.1 Å². The van der Waals surface area contributed by atoms with Crippen molar-refractivity contribution in [2.24, 2.45) is 0 Å². The van der Waals surface area contributed by atoms with Gasteiger partial charge >= 0.3 is 0 Å². The van der Waals surface area contributed by atoms with Crippen molar-refractivity contribution in [2.75, 3.05) is 13.2 Å². The molecule has 1 fully saturated rings. The second kappa shape index (κ2) is 3.97. The van der Waals surface area contributed by atoms with E-state index in [4.69, 9.17) is 14.9 Å². The van der Waals surface area contributed by atoms with Gasteiger partial charge in [-0.05, 0) is 0 Å². The van der Waals surface area contributed by atoms with Crippen molar-refractivity contribution in [1.82, 2.24) is 0 Å². The molecule has 76 valence electrons. The van der Waals surface area contributed by atoms with E-state index in [1.807, 2.05) is 0 Å². The number of hydrogen-bond donors (Lipinski definition) is 3. The second-order valence-corrected chi connectivity index (χ2v) is 2.94. The molecule has 4 atom stereocenters. The summed E-state index contributed by atoms with van der Waals surface area (Å²) in [6, 6.07) is 0. The van der Waals surface area contributed by atoms with Gasteiger partial charge in [-0.25, -0.2) is 0 Å². The van der Waals surface area contributed by atoms with Gasteiger partial charge in [0, 0.05) is 4.92 Å². The van der Waals surface area contributed by atoms with Crippen molar-refractivity contribution in [3.8, 4) is 0 Å². The molecule has 13 heavy (non-hydrogen) atoms. The summed E-state index contributed by atoms with van der Waals surface area (Å²) in [7, 11) is 0. The third-order valence-electron chi connectivity index (χ3n) is 1.94. The lowest BCUT2D eigenvalue weighted by molar-refractivity contribution is -0.497. The predicted octanol–water partition coefficient (Wildman–Crippen LogP) is -2.26. The van der Waals surface area contributed by atoms with E-state index in [1.165, 1.54) is 0 Å². The van der Waals surface area contributed by atoms with Crippen LogP contribution in [0.1, 0.15) is 0 Å². The fraction of sp³-hybridized carbons (Fsp3) is 1.00. The van der Waals surface area contributed by atoms with E-state index < -0.39 is 35.9 Å². The Bertz CT molecular complexity index is 198. The second-order valence-electron chi connectivity index (χ2n) is 2.94. The lowest BCUT2D eigenvalue weighted by Crippen LogP contribution is -2.54. The summed E-state index contributed by atoms with van der Waals surface area (Å²) in [5, 5.41) is 37.4. The minimum absolute atomic E-state index is 0.198. The Hall–Kier alpha value is -0.760. The number of aliphatic hydroxyl groups excluding tert-OH is 3. The first kappa shape index (κ1) is 10.3. The summed E-state index contributed by atoms with van der Waals surface area (Å²) < 4.78 is 4.78. The molecule has 1 aliphatic heterocycles. The van der Waals surface area contributed by atoms with Crippen LogP contribution in [0.15, 0.2) is 0 Å². The highest BCUT2D eigenvalue weighted by atomic mass is 16.6. The quantitative estimate of drug-likeness (QED) is 0.337. The molecule has 7 nitrogen and oxygen atoms in total. The number of rotatable bonds is 2. The van der Waals surface area contributed by atoms with Crippen LogP contribution in [0.3, 0.4) is 0 Å². The maximum absolute atomic E-state index is 10.1. The summed E-state index contributed by atoms with van der Waals surface area (Å²) >= 11 is 0. The van der Waals surface area contributed by atoms with E-state index in [9.17, 15) is 15.2 Å². The highest BCUT2D eigenvalue weighted by Gasteiger charge is 2.39. The first-order valence-electron chi connectivity index (χ1n) is 3.80. The minimum atomic E-state index is -1.41. The van der Waals surface area contributed by atoms with Crippen LogP contribution in [0.5, 0.6) is 0 Å². The molecule has 0 aliphatic carbocycles. The molecule has 0 aromatic carbocycles. The summed E-state index contributed by atoms with van der Waals surface area (Å²) in [6.07, 6.45) is -5.01. The van der Waals surface area contributed by atoms with Crippen molar-refractivity contribution in [3.05, 3.63) is 10.1 Å². The molecule has 1 aliphatic rings. The molecule has 0 saturated carbocycles. The number of aliphatic hydroxyl groups is 3. The zero-order valence-corrected chi connectivity index (χ0v) is 6.74. The topological polar surface area (TPSA) is 113 Å². The van der Waals surface area contributed by atoms with Crippen LogP contribution in [0.2, 0.25) is 0 Å². The molecule has 1 heterocycles. The van der Waals surface area contributed by atoms with Gasteiger partial charge in [0.1, 0.15) is 18.3 Å². The molecule has 1 rings (SSSR count). The number of ether oxygens (including phenoxy) is 1. The number of nitrogens with zero attached hydrogens (tertiary/aromatic N) is 1. The fourth-order valence-corrected chi connectivity index (χ4v) is 1.17. The zero-order valence-electron chi connectivity index (χ0n) is 6.74. The van der Waals surface area contributed by atoms with Gasteiger partial charge in [-0.3, -0.25) is 10.1 Å². The zero-order chi connectivity index (χ0) is 10.0. The third kappa shape index (κ3) is 2.34. The lowest BCUT2D eigenvalue weighted by atomic mass is 10.0. The van der Waals surface area contributed by atoms with Crippen LogP contribution in [0.4, 0.5) is 0 Å². The average Bonchev–Trinajstić information content (AvgIpc) is 2.06. The van der Waals surface area contributed by atoms with E-state index in [1.54, 1.807) is 0 Å². The van der Waals surface area contributed by atoms with E-state index in [-0.39, 0.29) is 6.61 Å². The van der Waals surface area contributed by atoms with Gasteiger partial charge in [-0.2, -0.15) is 0 Å².